The minimum Gasteiger partial charge on any atom is -0.475 e. The second kappa shape index (κ2) is 9.33. The number of carboxylic acid groups (broad SMARTS) is 1. The van der Waals surface area contributed by atoms with E-state index in [1.54, 1.807) is 13.1 Å². The van der Waals surface area contributed by atoms with Crippen molar-refractivity contribution in [3.63, 3.8) is 0 Å². The van der Waals surface area contributed by atoms with Crippen molar-refractivity contribution in [1.82, 2.24) is 19.8 Å². The number of alkyl halides is 3. The molecule has 33 heavy (non-hydrogen) atoms. The minimum absolute atomic E-state index is 0.0307. The van der Waals surface area contributed by atoms with Crippen molar-refractivity contribution < 1.29 is 37.1 Å². The number of nitrogens with one attached hydrogen (secondary N) is 2. The Balaban J connectivity index is 0.000000383. The van der Waals surface area contributed by atoms with Crippen LogP contribution in [0.5, 0.6) is 0 Å². The van der Waals surface area contributed by atoms with Crippen LogP contribution in [0.3, 0.4) is 0 Å². The number of aryl methyl sites for hydroxylation is 1. The fourth-order valence-electron chi connectivity index (χ4n) is 4.21. The van der Waals surface area contributed by atoms with E-state index >= 15 is 0 Å². The number of imide groups is 1. The Morgan fingerprint density at radius 2 is 1.73 bits per heavy atom. The Morgan fingerprint density at radius 3 is 2.27 bits per heavy atom. The van der Waals surface area contributed by atoms with E-state index in [1.807, 2.05) is 0 Å². The molecule has 0 bridgehead atoms. The van der Waals surface area contributed by atoms with Gasteiger partial charge in [-0.2, -0.15) is 13.2 Å². The van der Waals surface area contributed by atoms with Crippen LogP contribution in [0.4, 0.5) is 17.6 Å². The maximum atomic E-state index is 14.7. The van der Waals surface area contributed by atoms with Gasteiger partial charge in [0.25, 0.3) is 0 Å². The van der Waals surface area contributed by atoms with Crippen LogP contribution in [0.2, 0.25) is 0 Å². The van der Waals surface area contributed by atoms with Gasteiger partial charge in [0.1, 0.15) is 11.9 Å². The zero-order chi connectivity index (χ0) is 24.5. The van der Waals surface area contributed by atoms with Crippen molar-refractivity contribution in [1.29, 1.82) is 0 Å². The largest absolute Gasteiger partial charge is 0.490 e. The third-order valence-electron chi connectivity index (χ3n) is 5.74. The van der Waals surface area contributed by atoms with E-state index in [9.17, 15) is 31.9 Å². The number of aromatic nitrogens is 2. The normalized spacial score (nSPS) is 19.7. The average Bonchev–Trinajstić information content (AvgIpc) is 2.99. The standard InChI is InChI=1S/C18H21FN4O3.C2HF3O2/c1-22-16-12(3-2-11(19)15(16)10-6-8-20-9-7-10)23(18(22)26)13-4-5-14(24)21-17(13)25;3-2(4,5)1(6)7/h2-3,10,13,20H,4-9H2,1H3,(H,21,24,25);(H,6,7). The number of halogens is 4. The number of amides is 2. The van der Waals surface area contributed by atoms with Gasteiger partial charge in [0.15, 0.2) is 0 Å². The maximum absolute atomic E-state index is 14.7. The van der Waals surface area contributed by atoms with Crippen LogP contribution in [0.1, 0.15) is 43.2 Å². The van der Waals surface area contributed by atoms with E-state index in [4.69, 9.17) is 9.90 Å². The number of carbonyl (C=O) groups excluding carboxylic acids is 2. The molecule has 13 heteroatoms. The first-order valence-electron chi connectivity index (χ1n) is 10.2. The van der Waals surface area contributed by atoms with Crippen molar-refractivity contribution in [2.24, 2.45) is 7.05 Å². The summed E-state index contributed by atoms with van der Waals surface area (Å²) in [4.78, 5) is 45.5. The number of hydrogen-bond acceptors (Lipinski definition) is 5. The fourth-order valence-corrected chi connectivity index (χ4v) is 4.21. The lowest BCUT2D eigenvalue weighted by Gasteiger charge is -2.25. The molecule has 2 saturated heterocycles. The van der Waals surface area contributed by atoms with Gasteiger partial charge >= 0.3 is 17.8 Å². The molecule has 180 valence electrons. The molecule has 2 aromatic rings. The molecule has 1 unspecified atom stereocenters. The van der Waals surface area contributed by atoms with E-state index in [1.165, 1.54) is 15.2 Å². The van der Waals surface area contributed by atoms with Crippen molar-refractivity contribution in [3.8, 4) is 0 Å². The molecule has 2 fully saturated rings. The monoisotopic (exact) mass is 474 g/mol. The number of nitrogens with zero attached hydrogens (tertiary/aromatic N) is 2. The van der Waals surface area contributed by atoms with E-state index < -0.39 is 24.1 Å². The SMILES string of the molecule is Cn1c(=O)n(C2CCC(=O)NC2=O)c2ccc(F)c(C3CCNCC3)c21.O=C(O)C(F)(F)F. The van der Waals surface area contributed by atoms with Crippen molar-refractivity contribution in [3.05, 3.63) is 34.0 Å². The molecule has 2 aliphatic rings. The lowest BCUT2D eigenvalue weighted by atomic mass is 9.89. The molecule has 0 radical (unpaired) electrons. The molecule has 3 N–H and O–H groups in total. The molecular weight excluding hydrogens is 452 g/mol. The topological polar surface area (TPSA) is 122 Å². The molecule has 1 atom stereocenters. The van der Waals surface area contributed by atoms with Crippen LogP contribution in [-0.2, 0) is 21.4 Å². The second-order valence-corrected chi connectivity index (χ2v) is 7.83. The van der Waals surface area contributed by atoms with Crippen molar-refractivity contribution >= 4 is 28.8 Å². The number of rotatable bonds is 2. The number of carbonyl (C=O) groups is 3. The van der Waals surface area contributed by atoms with Gasteiger partial charge in [0.05, 0.1) is 11.0 Å². The number of hydrogen-bond donors (Lipinski definition) is 3. The predicted molar refractivity (Wildman–Crippen MR) is 107 cm³/mol. The lowest BCUT2D eigenvalue weighted by Crippen LogP contribution is -2.44. The molecule has 2 aliphatic heterocycles. The molecule has 1 aromatic heterocycles. The number of carboxylic acids is 1. The Bertz CT molecular complexity index is 1150. The molecule has 9 nitrogen and oxygen atoms in total. The minimum atomic E-state index is -5.08. The van der Waals surface area contributed by atoms with Gasteiger partial charge in [-0.3, -0.25) is 24.0 Å². The van der Waals surface area contributed by atoms with Gasteiger partial charge in [0, 0.05) is 19.0 Å². The van der Waals surface area contributed by atoms with Crippen molar-refractivity contribution in [2.75, 3.05) is 13.1 Å². The fraction of sp³-hybridized carbons (Fsp3) is 0.500. The lowest BCUT2D eigenvalue weighted by molar-refractivity contribution is -0.192. The summed E-state index contributed by atoms with van der Waals surface area (Å²) >= 11 is 0. The molecule has 1 aromatic carbocycles. The van der Waals surface area contributed by atoms with Crippen LogP contribution >= 0.6 is 0 Å². The van der Waals surface area contributed by atoms with Gasteiger partial charge < -0.3 is 10.4 Å². The molecule has 2 amide bonds. The first-order chi connectivity index (χ1) is 15.4. The van der Waals surface area contributed by atoms with Crippen LogP contribution in [0.15, 0.2) is 16.9 Å². The highest BCUT2D eigenvalue weighted by Gasteiger charge is 2.38. The zero-order valence-corrected chi connectivity index (χ0v) is 17.5. The average molecular weight is 474 g/mol. The summed E-state index contributed by atoms with van der Waals surface area (Å²) in [7, 11) is 1.61. The predicted octanol–water partition coefficient (Wildman–Crippen LogP) is 1.56. The Kier molecular flexibility index (Phi) is 6.91. The molecule has 3 heterocycles. The van der Waals surface area contributed by atoms with Crippen LogP contribution in [0.25, 0.3) is 11.0 Å². The Labute approximate surface area is 184 Å². The van der Waals surface area contributed by atoms with Crippen molar-refractivity contribution in [2.45, 2.75) is 43.8 Å². The molecule has 0 spiro atoms. The van der Waals surface area contributed by atoms with Gasteiger partial charge in [-0.05, 0) is 50.4 Å². The van der Waals surface area contributed by atoms with Crippen LogP contribution in [-0.4, -0.2) is 51.3 Å². The van der Waals surface area contributed by atoms with Crippen LogP contribution < -0.4 is 16.3 Å². The smallest absolute Gasteiger partial charge is 0.475 e. The van der Waals surface area contributed by atoms with Crippen LogP contribution in [0, 0.1) is 5.82 Å². The summed E-state index contributed by atoms with van der Waals surface area (Å²) < 4.78 is 49.3. The number of imidazole rings is 1. The van der Waals surface area contributed by atoms with E-state index in [0.717, 1.165) is 25.9 Å². The third-order valence-corrected chi connectivity index (χ3v) is 5.74. The van der Waals surface area contributed by atoms with Gasteiger partial charge in [0.2, 0.25) is 11.8 Å². The quantitative estimate of drug-likeness (QED) is 0.449. The number of benzene rings is 1. The first-order valence-corrected chi connectivity index (χ1v) is 10.2. The Hall–Kier alpha value is -3.22. The summed E-state index contributed by atoms with van der Waals surface area (Å²) in [5.74, 6) is -3.86. The maximum Gasteiger partial charge on any atom is 0.490 e. The van der Waals surface area contributed by atoms with Gasteiger partial charge in [-0.25, -0.2) is 14.0 Å². The van der Waals surface area contributed by atoms with Gasteiger partial charge in [-0.1, -0.05) is 0 Å². The summed E-state index contributed by atoms with van der Waals surface area (Å²) in [5, 5.41) is 12.7. The summed E-state index contributed by atoms with van der Waals surface area (Å²) in [5.41, 5.74) is 1.28. The number of fused-ring (bicyclic) bond motifs is 1. The molecule has 4 rings (SSSR count). The number of aliphatic carboxylic acids is 1. The zero-order valence-electron chi connectivity index (χ0n) is 17.5. The molecule has 0 saturated carbocycles. The summed E-state index contributed by atoms with van der Waals surface area (Å²) in [6.07, 6.45) is -3.03. The number of piperidine rings is 2. The Morgan fingerprint density at radius 1 is 1.12 bits per heavy atom. The van der Waals surface area contributed by atoms with E-state index in [2.05, 4.69) is 10.6 Å². The molecule has 0 aliphatic carbocycles. The second-order valence-electron chi connectivity index (χ2n) is 7.83. The van der Waals surface area contributed by atoms with Gasteiger partial charge in [-0.15, -0.1) is 0 Å². The first kappa shape index (κ1) is 24.4. The third kappa shape index (κ3) is 4.92. The van der Waals surface area contributed by atoms with E-state index in [0.29, 0.717) is 16.6 Å². The highest BCUT2D eigenvalue weighted by molar-refractivity contribution is 6.00. The van der Waals surface area contributed by atoms with E-state index in [-0.39, 0.29) is 36.2 Å². The molecular formula is C20H22F4N4O5. The summed E-state index contributed by atoms with van der Waals surface area (Å²) in [6, 6.07) is 2.18. The highest BCUT2D eigenvalue weighted by Crippen LogP contribution is 2.34. The highest BCUT2D eigenvalue weighted by atomic mass is 19.4. The summed E-state index contributed by atoms with van der Waals surface area (Å²) in [6.45, 7) is 1.62.